The molecule has 1 fully saturated rings. The molecule has 3 nitrogen and oxygen atoms in total. The van der Waals surface area contributed by atoms with E-state index in [1.165, 1.54) is 5.56 Å². The number of nitriles is 1. The van der Waals surface area contributed by atoms with Crippen molar-refractivity contribution in [3.05, 3.63) is 33.2 Å². The zero-order valence-corrected chi connectivity index (χ0v) is 10.4. The molecule has 1 N–H and O–H groups in total. The van der Waals surface area contributed by atoms with Gasteiger partial charge in [-0.05, 0) is 35.3 Å². The van der Waals surface area contributed by atoms with Gasteiger partial charge in [0.15, 0.2) is 0 Å². The van der Waals surface area contributed by atoms with Gasteiger partial charge in [0.25, 0.3) is 5.56 Å². The van der Waals surface area contributed by atoms with E-state index in [0.29, 0.717) is 17.8 Å². The minimum Gasteiger partial charge on any atom is -0.325 e. The molecule has 1 aromatic heterocycles. The van der Waals surface area contributed by atoms with E-state index < -0.39 is 0 Å². The van der Waals surface area contributed by atoms with Crippen molar-refractivity contribution in [2.75, 3.05) is 0 Å². The lowest BCUT2D eigenvalue weighted by atomic mass is 9.68. The Labute approximate surface area is 100 Å². The van der Waals surface area contributed by atoms with Crippen molar-refractivity contribution >= 4 is 0 Å². The predicted octanol–water partition coefficient (Wildman–Crippen LogP) is 2.49. The first-order valence-electron chi connectivity index (χ1n) is 6.14. The van der Waals surface area contributed by atoms with Crippen molar-refractivity contribution in [3.8, 4) is 6.07 Å². The molecule has 88 valence electrons. The van der Waals surface area contributed by atoms with E-state index in [1.54, 1.807) is 0 Å². The Bertz CT molecular complexity index is 591. The fourth-order valence-electron chi connectivity index (χ4n) is 3.73. The van der Waals surface area contributed by atoms with Gasteiger partial charge in [-0.1, -0.05) is 20.8 Å². The highest BCUT2D eigenvalue weighted by Crippen LogP contribution is 2.64. The van der Waals surface area contributed by atoms with Crippen LogP contribution in [0.2, 0.25) is 0 Å². The van der Waals surface area contributed by atoms with Gasteiger partial charge in [-0.15, -0.1) is 0 Å². The molecule has 0 radical (unpaired) electrons. The van der Waals surface area contributed by atoms with E-state index in [9.17, 15) is 4.79 Å². The molecule has 2 aliphatic rings. The maximum atomic E-state index is 11.7. The second-order valence-corrected chi connectivity index (χ2v) is 6.00. The average molecular weight is 228 g/mol. The van der Waals surface area contributed by atoms with Crippen LogP contribution in [0.15, 0.2) is 10.9 Å². The van der Waals surface area contributed by atoms with Crippen LogP contribution in [0.5, 0.6) is 0 Å². The van der Waals surface area contributed by atoms with Crippen molar-refractivity contribution in [1.29, 1.82) is 5.26 Å². The maximum Gasteiger partial charge on any atom is 0.266 e. The lowest BCUT2D eigenvalue weighted by Gasteiger charge is -2.37. The topological polar surface area (TPSA) is 56.6 Å². The van der Waals surface area contributed by atoms with Crippen LogP contribution in [0, 0.1) is 22.7 Å². The molecule has 3 unspecified atom stereocenters. The number of nitrogens with one attached hydrogen (secondary N) is 1. The Hall–Kier alpha value is -1.56. The Kier molecular flexibility index (Phi) is 1.87. The largest absolute Gasteiger partial charge is 0.325 e. The Morgan fingerprint density at radius 1 is 1.53 bits per heavy atom. The van der Waals surface area contributed by atoms with E-state index >= 15 is 0 Å². The SMILES string of the molecule is CC1C2CC(c3cc(C#N)c(=O)[nH]c32)C1(C)C. The number of hydrogen-bond donors (Lipinski definition) is 1. The summed E-state index contributed by atoms with van der Waals surface area (Å²) >= 11 is 0. The number of aromatic amines is 1. The fourth-order valence-corrected chi connectivity index (χ4v) is 3.73. The molecule has 17 heavy (non-hydrogen) atoms. The highest BCUT2D eigenvalue weighted by molar-refractivity contribution is 5.44. The minimum atomic E-state index is -0.233. The molecule has 0 spiro atoms. The van der Waals surface area contributed by atoms with Crippen LogP contribution in [0.1, 0.15) is 55.8 Å². The Morgan fingerprint density at radius 3 is 2.88 bits per heavy atom. The average Bonchev–Trinajstić information content (AvgIpc) is 2.74. The number of pyridine rings is 1. The summed E-state index contributed by atoms with van der Waals surface area (Å²) in [5.74, 6) is 1.54. The quantitative estimate of drug-likeness (QED) is 0.741. The van der Waals surface area contributed by atoms with Gasteiger partial charge in [-0.3, -0.25) is 4.79 Å². The first kappa shape index (κ1) is 10.6. The zero-order chi connectivity index (χ0) is 12.4. The van der Waals surface area contributed by atoms with Crippen molar-refractivity contribution in [2.45, 2.75) is 39.0 Å². The van der Waals surface area contributed by atoms with Crippen LogP contribution in [-0.4, -0.2) is 4.98 Å². The molecule has 3 heteroatoms. The molecule has 1 heterocycles. The molecular weight excluding hydrogens is 212 g/mol. The molecule has 3 atom stereocenters. The summed E-state index contributed by atoms with van der Waals surface area (Å²) in [5.41, 5.74) is 2.58. The third kappa shape index (κ3) is 1.13. The van der Waals surface area contributed by atoms with Crippen molar-refractivity contribution in [1.82, 2.24) is 4.98 Å². The van der Waals surface area contributed by atoms with Gasteiger partial charge in [0.05, 0.1) is 0 Å². The molecule has 2 bridgehead atoms. The second kappa shape index (κ2) is 3.01. The first-order valence-corrected chi connectivity index (χ1v) is 6.14. The van der Waals surface area contributed by atoms with Gasteiger partial charge in [-0.2, -0.15) is 5.26 Å². The van der Waals surface area contributed by atoms with Crippen LogP contribution in [0.3, 0.4) is 0 Å². The molecule has 3 rings (SSSR count). The van der Waals surface area contributed by atoms with Crippen LogP contribution >= 0.6 is 0 Å². The van der Waals surface area contributed by atoms with E-state index in [1.807, 2.05) is 12.1 Å². The van der Waals surface area contributed by atoms with Crippen molar-refractivity contribution in [2.24, 2.45) is 11.3 Å². The smallest absolute Gasteiger partial charge is 0.266 e. The number of nitrogens with zero attached hydrogens (tertiary/aromatic N) is 1. The summed E-state index contributed by atoms with van der Waals surface area (Å²) in [5, 5.41) is 8.93. The van der Waals surface area contributed by atoms with Gasteiger partial charge in [0.1, 0.15) is 11.6 Å². The van der Waals surface area contributed by atoms with Crippen molar-refractivity contribution < 1.29 is 0 Å². The molecule has 0 amide bonds. The highest BCUT2D eigenvalue weighted by atomic mass is 16.1. The summed E-state index contributed by atoms with van der Waals surface area (Å²) < 4.78 is 0. The first-order chi connectivity index (χ1) is 7.96. The molecule has 0 aromatic carbocycles. The molecule has 2 aliphatic carbocycles. The normalized spacial score (nSPS) is 32.2. The predicted molar refractivity (Wildman–Crippen MR) is 64.8 cm³/mol. The zero-order valence-electron chi connectivity index (χ0n) is 10.4. The Morgan fingerprint density at radius 2 is 2.24 bits per heavy atom. The lowest BCUT2D eigenvalue weighted by Crippen LogP contribution is -2.30. The third-order valence-corrected chi connectivity index (χ3v) is 5.14. The molecular formula is C14H16N2O. The second-order valence-electron chi connectivity index (χ2n) is 6.00. The summed E-state index contributed by atoms with van der Waals surface area (Å²) in [6, 6.07) is 3.79. The number of aromatic nitrogens is 1. The number of rotatable bonds is 0. The van der Waals surface area contributed by atoms with Gasteiger partial charge in [0, 0.05) is 11.6 Å². The van der Waals surface area contributed by atoms with Gasteiger partial charge in [-0.25, -0.2) is 0 Å². The third-order valence-electron chi connectivity index (χ3n) is 5.14. The summed E-state index contributed by atoms with van der Waals surface area (Å²) in [6.07, 6.45) is 1.12. The van der Waals surface area contributed by atoms with E-state index in [0.717, 1.165) is 12.1 Å². The van der Waals surface area contributed by atoms with Crippen LogP contribution < -0.4 is 5.56 Å². The van der Waals surface area contributed by atoms with Gasteiger partial charge in [0.2, 0.25) is 0 Å². The van der Waals surface area contributed by atoms with Gasteiger partial charge < -0.3 is 4.98 Å². The monoisotopic (exact) mass is 228 g/mol. The molecule has 0 saturated heterocycles. The highest BCUT2D eigenvalue weighted by Gasteiger charge is 2.54. The van der Waals surface area contributed by atoms with E-state index in [4.69, 9.17) is 5.26 Å². The number of hydrogen-bond acceptors (Lipinski definition) is 2. The summed E-state index contributed by atoms with van der Waals surface area (Å²) in [7, 11) is 0. The molecule has 0 aliphatic heterocycles. The standard InChI is InChI=1S/C14H16N2O/c1-7-9-5-11(14(7,2)3)10-4-8(6-15)13(17)16-12(9)10/h4,7,9,11H,5H2,1-3H3,(H,16,17). The van der Waals surface area contributed by atoms with E-state index in [2.05, 4.69) is 25.8 Å². The summed E-state index contributed by atoms with van der Waals surface area (Å²) in [6.45, 7) is 6.86. The fraction of sp³-hybridized carbons (Fsp3) is 0.571. The maximum absolute atomic E-state index is 11.7. The van der Waals surface area contributed by atoms with Crippen LogP contribution in [0.25, 0.3) is 0 Å². The number of H-pyrrole nitrogens is 1. The van der Waals surface area contributed by atoms with Crippen molar-refractivity contribution in [3.63, 3.8) is 0 Å². The van der Waals surface area contributed by atoms with Crippen LogP contribution in [-0.2, 0) is 0 Å². The molecule has 1 aromatic rings. The summed E-state index contributed by atoms with van der Waals surface area (Å²) in [4.78, 5) is 14.6. The lowest BCUT2D eigenvalue weighted by molar-refractivity contribution is 0.223. The van der Waals surface area contributed by atoms with Gasteiger partial charge >= 0.3 is 0 Å². The number of fused-ring (bicyclic) bond motifs is 5. The Balaban J connectivity index is 2.24. The minimum absolute atomic E-state index is 0.233. The van der Waals surface area contributed by atoms with E-state index in [-0.39, 0.29) is 16.5 Å². The van der Waals surface area contributed by atoms with Crippen LogP contribution in [0.4, 0.5) is 0 Å². The molecule has 1 saturated carbocycles.